The lowest BCUT2D eigenvalue weighted by Crippen LogP contribution is -2.09. The third kappa shape index (κ3) is 6.84. The molecule has 2 rings (SSSR count). The van der Waals surface area contributed by atoms with E-state index in [4.69, 9.17) is 9.47 Å². The van der Waals surface area contributed by atoms with Crippen molar-refractivity contribution in [3.05, 3.63) is 59.7 Å². The highest BCUT2D eigenvalue weighted by Gasteiger charge is 2.12. The van der Waals surface area contributed by atoms with Crippen molar-refractivity contribution in [2.45, 2.75) is 52.9 Å². The SMILES string of the molecule is CCCCCOc1ccc(C(=O)Oc2ccc(C(=O)CC(C)CC)cc2)cc1. The van der Waals surface area contributed by atoms with Gasteiger partial charge in [-0.15, -0.1) is 0 Å². The first-order valence-electron chi connectivity index (χ1n) is 10.1. The summed E-state index contributed by atoms with van der Waals surface area (Å²) in [4.78, 5) is 24.5. The van der Waals surface area contributed by atoms with E-state index in [1.807, 2.05) is 0 Å². The van der Waals surface area contributed by atoms with Crippen LogP contribution < -0.4 is 9.47 Å². The van der Waals surface area contributed by atoms with Crippen molar-refractivity contribution < 1.29 is 19.1 Å². The minimum Gasteiger partial charge on any atom is -0.494 e. The van der Waals surface area contributed by atoms with E-state index in [1.165, 1.54) is 0 Å². The first-order chi connectivity index (χ1) is 13.5. The summed E-state index contributed by atoms with van der Waals surface area (Å²) in [6.07, 6.45) is 4.83. The molecule has 0 heterocycles. The van der Waals surface area contributed by atoms with Crippen molar-refractivity contribution in [2.24, 2.45) is 5.92 Å². The van der Waals surface area contributed by atoms with Gasteiger partial charge in [0.2, 0.25) is 0 Å². The normalized spacial score (nSPS) is 11.7. The largest absolute Gasteiger partial charge is 0.494 e. The average molecular weight is 383 g/mol. The van der Waals surface area contributed by atoms with Crippen LogP contribution in [0.4, 0.5) is 0 Å². The summed E-state index contributed by atoms with van der Waals surface area (Å²) in [7, 11) is 0. The molecule has 1 unspecified atom stereocenters. The van der Waals surface area contributed by atoms with Crippen LogP contribution in [0, 0.1) is 5.92 Å². The molecular formula is C24H30O4. The molecule has 0 radical (unpaired) electrons. The van der Waals surface area contributed by atoms with Gasteiger partial charge < -0.3 is 9.47 Å². The highest BCUT2D eigenvalue weighted by Crippen LogP contribution is 2.19. The van der Waals surface area contributed by atoms with Gasteiger partial charge in [-0.1, -0.05) is 40.0 Å². The number of hydrogen-bond donors (Lipinski definition) is 0. The van der Waals surface area contributed by atoms with E-state index in [-0.39, 0.29) is 5.78 Å². The van der Waals surface area contributed by atoms with E-state index in [1.54, 1.807) is 48.5 Å². The topological polar surface area (TPSA) is 52.6 Å². The number of unbranched alkanes of at least 4 members (excludes halogenated alkanes) is 2. The first-order valence-corrected chi connectivity index (χ1v) is 10.1. The quantitative estimate of drug-likeness (QED) is 0.204. The second kappa shape index (κ2) is 11.3. The van der Waals surface area contributed by atoms with Crippen LogP contribution >= 0.6 is 0 Å². The predicted molar refractivity (Wildman–Crippen MR) is 111 cm³/mol. The summed E-state index contributed by atoms with van der Waals surface area (Å²) in [6, 6.07) is 13.7. The lowest BCUT2D eigenvalue weighted by molar-refractivity contribution is 0.0734. The Morgan fingerprint density at radius 1 is 0.857 bits per heavy atom. The molecule has 4 heteroatoms. The second-order valence-corrected chi connectivity index (χ2v) is 7.13. The van der Waals surface area contributed by atoms with Crippen molar-refractivity contribution in [3.63, 3.8) is 0 Å². The molecule has 0 saturated heterocycles. The number of carbonyl (C=O) groups is 2. The highest BCUT2D eigenvalue weighted by atomic mass is 16.5. The van der Waals surface area contributed by atoms with Gasteiger partial charge in [-0.2, -0.15) is 0 Å². The van der Waals surface area contributed by atoms with E-state index in [2.05, 4.69) is 20.8 Å². The number of rotatable bonds is 11. The molecule has 2 aromatic rings. The number of ketones is 1. The molecule has 0 aliphatic heterocycles. The molecule has 1 atom stereocenters. The van der Waals surface area contributed by atoms with Crippen molar-refractivity contribution in [2.75, 3.05) is 6.61 Å². The first kappa shape index (κ1) is 21.7. The second-order valence-electron chi connectivity index (χ2n) is 7.13. The Morgan fingerprint density at radius 3 is 2.07 bits per heavy atom. The van der Waals surface area contributed by atoms with Crippen molar-refractivity contribution in [1.29, 1.82) is 0 Å². The van der Waals surface area contributed by atoms with E-state index in [0.717, 1.165) is 31.4 Å². The van der Waals surface area contributed by atoms with E-state index in [9.17, 15) is 9.59 Å². The molecule has 0 aromatic heterocycles. The fourth-order valence-corrected chi connectivity index (χ4v) is 2.68. The van der Waals surface area contributed by atoms with Crippen LogP contribution in [-0.2, 0) is 0 Å². The number of hydrogen-bond acceptors (Lipinski definition) is 4. The summed E-state index contributed by atoms with van der Waals surface area (Å²) in [5.74, 6) is 1.21. The average Bonchev–Trinajstić information content (AvgIpc) is 2.72. The van der Waals surface area contributed by atoms with Gasteiger partial charge >= 0.3 is 5.97 Å². The van der Waals surface area contributed by atoms with Crippen LogP contribution in [0.1, 0.15) is 73.6 Å². The molecule has 0 amide bonds. The van der Waals surface area contributed by atoms with Crippen molar-refractivity contribution >= 4 is 11.8 Å². The van der Waals surface area contributed by atoms with Gasteiger partial charge in [0.05, 0.1) is 12.2 Å². The molecule has 0 N–H and O–H groups in total. The molecule has 0 aliphatic carbocycles. The molecular weight excluding hydrogens is 352 g/mol. The Morgan fingerprint density at radius 2 is 1.46 bits per heavy atom. The van der Waals surface area contributed by atoms with Crippen LogP contribution in [0.5, 0.6) is 11.5 Å². The van der Waals surface area contributed by atoms with Gasteiger partial charge in [0.1, 0.15) is 11.5 Å². The molecule has 2 aromatic carbocycles. The summed E-state index contributed by atoms with van der Waals surface area (Å²) in [6.45, 7) is 6.97. The number of Topliss-reactive ketones (excluding diaryl/α,β-unsaturated/α-hetero) is 1. The maximum atomic E-state index is 12.3. The third-order valence-corrected chi connectivity index (χ3v) is 4.72. The lowest BCUT2D eigenvalue weighted by Gasteiger charge is -2.09. The maximum Gasteiger partial charge on any atom is 0.343 e. The molecule has 4 nitrogen and oxygen atoms in total. The van der Waals surface area contributed by atoms with Gasteiger partial charge in [-0.25, -0.2) is 4.79 Å². The summed E-state index contributed by atoms with van der Waals surface area (Å²) < 4.78 is 11.0. The zero-order chi connectivity index (χ0) is 20.4. The maximum absolute atomic E-state index is 12.3. The number of esters is 1. The fourth-order valence-electron chi connectivity index (χ4n) is 2.68. The fraction of sp³-hybridized carbons (Fsp3) is 0.417. The highest BCUT2D eigenvalue weighted by molar-refractivity contribution is 5.96. The van der Waals surface area contributed by atoms with Gasteiger partial charge in [-0.3, -0.25) is 4.79 Å². The van der Waals surface area contributed by atoms with Crippen LogP contribution in [0.25, 0.3) is 0 Å². The Labute approximate surface area is 167 Å². The Hall–Kier alpha value is -2.62. The van der Waals surface area contributed by atoms with Crippen molar-refractivity contribution in [1.82, 2.24) is 0 Å². The molecule has 150 valence electrons. The summed E-state index contributed by atoms with van der Waals surface area (Å²) in [5, 5.41) is 0. The van der Waals surface area contributed by atoms with Gasteiger partial charge in [0.25, 0.3) is 0 Å². The Bertz CT molecular complexity index is 747. The van der Waals surface area contributed by atoms with Crippen molar-refractivity contribution in [3.8, 4) is 11.5 Å². The van der Waals surface area contributed by atoms with Crippen LogP contribution in [0.3, 0.4) is 0 Å². The lowest BCUT2D eigenvalue weighted by atomic mass is 9.98. The summed E-state index contributed by atoms with van der Waals surface area (Å²) in [5.41, 5.74) is 1.10. The van der Waals surface area contributed by atoms with Gasteiger partial charge in [-0.05, 0) is 60.9 Å². The van der Waals surface area contributed by atoms with Crippen LogP contribution in [0.2, 0.25) is 0 Å². The van der Waals surface area contributed by atoms with Gasteiger partial charge in [0, 0.05) is 12.0 Å². The number of carbonyl (C=O) groups excluding carboxylic acids is 2. The predicted octanol–water partition coefficient (Wildman–Crippen LogP) is 6.09. The van der Waals surface area contributed by atoms with Crippen LogP contribution in [0.15, 0.2) is 48.5 Å². The zero-order valence-electron chi connectivity index (χ0n) is 17.1. The molecule has 0 bridgehead atoms. The molecule has 0 saturated carbocycles. The standard InChI is InChI=1S/C24H30O4/c1-4-6-7-16-27-21-12-10-20(11-13-21)24(26)28-22-14-8-19(9-15-22)23(25)17-18(3)5-2/h8-15,18H,4-7,16-17H2,1-3H3. The minimum absolute atomic E-state index is 0.113. The summed E-state index contributed by atoms with van der Waals surface area (Å²) >= 11 is 0. The smallest absolute Gasteiger partial charge is 0.343 e. The Balaban J connectivity index is 1.89. The number of ether oxygens (including phenoxy) is 2. The Kier molecular flexibility index (Phi) is 8.73. The monoisotopic (exact) mass is 382 g/mol. The van der Waals surface area contributed by atoms with E-state index < -0.39 is 5.97 Å². The molecule has 0 spiro atoms. The van der Waals surface area contributed by atoms with E-state index in [0.29, 0.717) is 35.8 Å². The zero-order valence-corrected chi connectivity index (χ0v) is 17.1. The van der Waals surface area contributed by atoms with Gasteiger partial charge in [0.15, 0.2) is 5.78 Å². The van der Waals surface area contributed by atoms with Crippen LogP contribution in [-0.4, -0.2) is 18.4 Å². The number of benzene rings is 2. The van der Waals surface area contributed by atoms with E-state index >= 15 is 0 Å². The minimum atomic E-state index is -0.434. The molecule has 28 heavy (non-hydrogen) atoms. The molecule has 0 aliphatic rings. The molecule has 0 fully saturated rings. The third-order valence-electron chi connectivity index (χ3n) is 4.72.